The fourth-order valence-corrected chi connectivity index (χ4v) is 2.93. The van der Waals surface area contributed by atoms with Crippen LogP contribution in [-0.4, -0.2) is 44.9 Å². The number of halogens is 1. The summed E-state index contributed by atoms with van der Waals surface area (Å²) >= 11 is 0. The Morgan fingerprint density at radius 2 is 2.04 bits per heavy atom. The van der Waals surface area contributed by atoms with Crippen LogP contribution in [0.5, 0.6) is 0 Å². The number of aliphatic hydroxyl groups excluding tert-OH is 1. The van der Waals surface area contributed by atoms with Gasteiger partial charge in [-0.1, -0.05) is 12.1 Å². The molecule has 24 heavy (non-hydrogen) atoms. The van der Waals surface area contributed by atoms with E-state index in [9.17, 15) is 19.1 Å². The van der Waals surface area contributed by atoms with E-state index in [-0.39, 0.29) is 29.9 Å². The van der Waals surface area contributed by atoms with Crippen molar-refractivity contribution in [2.24, 2.45) is 0 Å². The van der Waals surface area contributed by atoms with Crippen molar-refractivity contribution in [2.75, 3.05) is 13.2 Å². The first-order chi connectivity index (χ1) is 11.6. The molecule has 0 aliphatic carbocycles. The van der Waals surface area contributed by atoms with Crippen LogP contribution >= 0.6 is 0 Å². The highest BCUT2D eigenvalue weighted by atomic mass is 19.1. The number of aliphatic hydroxyl groups is 1. The number of benzene rings is 1. The Bertz CT molecular complexity index is 806. The summed E-state index contributed by atoms with van der Waals surface area (Å²) < 4.78 is 14.8. The second kappa shape index (κ2) is 6.92. The van der Waals surface area contributed by atoms with Gasteiger partial charge < -0.3 is 10.0 Å². The zero-order chi connectivity index (χ0) is 17.1. The Morgan fingerprint density at radius 1 is 1.25 bits per heavy atom. The number of likely N-dealkylation sites (tertiary alicyclic amines) is 1. The lowest BCUT2D eigenvalue weighted by Crippen LogP contribution is -2.46. The number of nitrogens with zero attached hydrogens (tertiary/aromatic N) is 3. The van der Waals surface area contributed by atoms with Gasteiger partial charge in [0.2, 0.25) is 0 Å². The Hall–Kier alpha value is -2.54. The molecule has 1 aliphatic rings. The van der Waals surface area contributed by atoms with Crippen LogP contribution in [0.2, 0.25) is 0 Å². The Labute approximate surface area is 138 Å². The first kappa shape index (κ1) is 16.3. The van der Waals surface area contributed by atoms with Crippen molar-refractivity contribution in [1.29, 1.82) is 0 Å². The third kappa shape index (κ3) is 3.07. The maximum absolute atomic E-state index is 13.9. The SMILES string of the molecule is O=C(c1ccc(=O)n(-c2ccccc2F)n1)N1CCCCC1CO. The molecule has 0 saturated carbocycles. The standard InChI is InChI=1S/C17H18FN3O3/c18-13-6-1-2-7-15(13)21-16(23)9-8-14(19-21)17(24)20-10-4-3-5-12(20)11-22/h1-2,6-9,12,22H,3-5,10-11H2. The number of carbonyl (C=O) groups is 1. The average Bonchev–Trinajstić information content (AvgIpc) is 2.62. The molecular weight excluding hydrogens is 313 g/mol. The van der Waals surface area contributed by atoms with E-state index in [4.69, 9.17) is 0 Å². The molecule has 1 fully saturated rings. The Morgan fingerprint density at radius 3 is 2.79 bits per heavy atom. The molecule has 1 aliphatic heterocycles. The summed E-state index contributed by atoms with van der Waals surface area (Å²) in [5, 5.41) is 13.5. The molecule has 7 heteroatoms. The third-order valence-electron chi connectivity index (χ3n) is 4.20. The van der Waals surface area contributed by atoms with E-state index in [1.807, 2.05) is 0 Å². The third-order valence-corrected chi connectivity index (χ3v) is 4.20. The molecule has 1 atom stereocenters. The molecule has 126 valence electrons. The van der Waals surface area contributed by atoms with E-state index in [1.54, 1.807) is 11.0 Å². The molecule has 1 unspecified atom stereocenters. The van der Waals surface area contributed by atoms with Crippen LogP contribution in [-0.2, 0) is 0 Å². The maximum atomic E-state index is 13.9. The molecule has 0 bridgehead atoms. The molecule has 0 radical (unpaired) electrons. The van der Waals surface area contributed by atoms with Crippen LogP contribution in [0.15, 0.2) is 41.2 Å². The minimum absolute atomic E-state index is 0.00509. The summed E-state index contributed by atoms with van der Waals surface area (Å²) in [5.74, 6) is -0.957. The lowest BCUT2D eigenvalue weighted by molar-refractivity contribution is 0.0495. The molecule has 2 heterocycles. The number of rotatable bonds is 3. The first-order valence-electron chi connectivity index (χ1n) is 7.89. The van der Waals surface area contributed by atoms with Crippen LogP contribution in [0.3, 0.4) is 0 Å². The fraction of sp³-hybridized carbons (Fsp3) is 0.353. The highest BCUT2D eigenvalue weighted by Crippen LogP contribution is 2.19. The number of hydrogen-bond donors (Lipinski definition) is 1. The maximum Gasteiger partial charge on any atom is 0.274 e. The average molecular weight is 331 g/mol. The van der Waals surface area contributed by atoms with E-state index in [0.29, 0.717) is 6.54 Å². The van der Waals surface area contributed by atoms with Crippen molar-refractivity contribution in [3.63, 3.8) is 0 Å². The van der Waals surface area contributed by atoms with Crippen LogP contribution in [0.1, 0.15) is 29.8 Å². The predicted octanol–water partition coefficient (Wildman–Crippen LogP) is 1.36. The van der Waals surface area contributed by atoms with E-state index in [1.165, 1.54) is 30.3 Å². The largest absolute Gasteiger partial charge is 0.394 e. The van der Waals surface area contributed by atoms with Gasteiger partial charge in [0.15, 0.2) is 0 Å². The fourth-order valence-electron chi connectivity index (χ4n) is 2.93. The zero-order valence-corrected chi connectivity index (χ0v) is 13.1. The number of carbonyl (C=O) groups excluding carboxylic acids is 1. The molecule has 1 saturated heterocycles. The summed E-state index contributed by atoms with van der Waals surface area (Å²) in [7, 11) is 0. The highest BCUT2D eigenvalue weighted by Gasteiger charge is 2.28. The Balaban J connectivity index is 1.98. The van der Waals surface area contributed by atoms with E-state index in [0.717, 1.165) is 23.9 Å². The number of hydrogen-bond acceptors (Lipinski definition) is 4. The molecule has 1 aromatic heterocycles. The monoisotopic (exact) mass is 331 g/mol. The summed E-state index contributed by atoms with van der Waals surface area (Å²) in [4.78, 5) is 26.3. The summed E-state index contributed by atoms with van der Waals surface area (Å²) in [6.45, 7) is 0.420. The van der Waals surface area contributed by atoms with Gasteiger partial charge in [-0.2, -0.15) is 9.78 Å². The molecule has 1 N–H and O–H groups in total. The van der Waals surface area contributed by atoms with Gasteiger partial charge in [0.05, 0.1) is 12.6 Å². The summed E-state index contributed by atoms with van der Waals surface area (Å²) in [6.07, 6.45) is 2.54. The first-order valence-corrected chi connectivity index (χ1v) is 7.89. The van der Waals surface area contributed by atoms with Crippen molar-refractivity contribution < 1.29 is 14.3 Å². The van der Waals surface area contributed by atoms with E-state index >= 15 is 0 Å². The minimum atomic E-state index is -0.595. The van der Waals surface area contributed by atoms with Crippen LogP contribution in [0.25, 0.3) is 5.69 Å². The second-order valence-electron chi connectivity index (χ2n) is 5.75. The minimum Gasteiger partial charge on any atom is -0.394 e. The highest BCUT2D eigenvalue weighted by molar-refractivity contribution is 5.92. The van der Waals surface area contributed by atoms with Crippen LogP contribution in [0.4, 0.5) is 4.39 Å². The summed E-state index contributed by atoms with van der Waals surface area (Å²) in [5.41, 5.74) is -0.471. The lowest BCUT2D eigenvalue weighted by Gasteiger charge is -2.34. The molecule has 2 aromatic rings. The molecular formula is C17H18FN3O3. The van der Waals surface area contributed by atoms with Gasteiger partial charge in [-0.15, -0.1) is 0 Å². The van der Waals surface area contributed by atoms with Crippen molar-refractivity contribution in [1.82, 2.24) is 14.7 Å². The van der Waals surface area contributed by atoms with E-state index in [2.05, 4.69) is 5.10 Å². The molecule has 6 nitrogen and oxygen atoms in total. The smallest absolute Gasteiger partial charge is 0.274 e. The van der Waals surface area contributed by atoms with Gasteiger partial charge in [-0.25, -0.2) is 4.39 Å². The van der Waals surface area contributed by atoms with Gasteiger partial charge in [-0.05, 0) is 37.5 Å². The Kier molecular flexibility index (Phi) is 4.71. The number of aromatic nitrogens is 2. The van der Waals surface area contributed by atoms with Crippen LogP contribution < -0.4 is 5.56 Å². The zero-order valence-electron chi connectivity index (χ0n) is 13.1. The quantitative estimate of drug-likeness (QED) is 0.921. The normalized spacial score (nSPS) is 17.8. The van der Waals surface area contributed by atoms with Gasteiger partial charge >= 0.3 is 0 Å². The molecule has 1 aromatic carbocycles. The van der Waals surface area contributed by atoms with Crippen molar-refractivity contribution >= 4 is 5.91 Å². The second-order valence-corrected chi connectivity index (χ2v) is 5.75. The number of piperidine rings is 1. The lowest BCUT2D eigenvalue weighted by atomic mass is 10.0. The van der Waals surface area contributed by atoms with Crippen LogP contribution in [0, 0.1) is 5.82 Å². The summed E-state index contributed by atoms with van der Waals surface area (Å²) in [6, 6.07) is 8.04. The van der Waals surface area contributed by atoms with Gasteiger partial charge in [-0.3, -0.25) is 9.59 Å². The van der Waals surface area contributed by atoms with Gasteiger partial charge in [0.25, 0.3) is 11.5 Å². The molecule has 3 rings (SSSR count). The molecule has 1 amide bonds. The van der Waals surface area contributed by atoms with Crippen molar-refractivity contribution in [3.8, 4) is 5.69 Å². The van der Waals surface area contributed by atoms with E-state index < -0.39 is 11.4 Å². The molecule has 0 spiro atoms. The van der Waals surface area contributed by atoms with Gasteiger partial charge in [0, 0.05) is 12.6 Å². The van der Waals surface area contributed by atoms with Crippen molar-refractivity contribution in [2.45, 2.75) is 25.3 Å². The number of amides is 1. The topological polar surface area (TPSA) is 75.4 Å². The predicted molar refractivity (Wildman–Crippen MR) is 85.6 cm³/mol. The van der Waals surface area contributed by atoms with Gasteiger partial charge in [0.1, 0.15) is 17.2 Å². The van der Waals surface area contributed by atoms with Crippen molar-refractivity contribution in [3.05, 3.63) is 58.3 Å². The number of para-hydroxylation sites is 1.